The molecule has 9 heteroatoms. The molecule has 0 aromatic heterocycles. The third-order valence-electron chi connectivity index (χ3n) is 2.71. The summed E-state index contributed by atoms with van der Waals surface area (Å²) in [5.41, 5.74) is 4.42. The van der Waals surface area contributed by atoms with Gasteiger partial charge in [-0.3, -0.25) is 0 Å². The van der Waals surface area contributed by atoms with Crippen molar-refractivity contribution in [3.05, 3.63) is 0 Å². The molecule has 0 aromatic carbocycles. The minimum Gasteiger partial charge on any atom is -0.444 e. The molecule has 26 heavy (non-hydrogen) atoms. The molecule has 0 radical (unpaired) electrons. The van der Waals surface area contributed by atoms with E-state index in [1.165, 1.54) is 0 Å². The average molecular weight is 375 g/mol. The Bertz CT molecular complexity index is 468. The molecular weight excluding hydrogens is 342 g/mol. The maximum atomic E-state index is 11.7. The van der Waals surface area contributed by atoms with Crippen LogP contribution in [0.1, 0.15) is 54.4 Å². The van der Waals surface area contributed by atoms with Crippen molar-refractivity contribution in [3.63, 3.8) is 0 Å². The van der Waals surface area contributed by atoms with Gasteiger partial charge in [0, 0.05) is 13.1 Å². The minimum absolute atomic E-state index is 0.355. The Hall–Kier alpha value is -1.87. The number of nitrogens with two attached hydrogens (primary N) is 1. The highest BCUT2D eigenvalue weighted by Gasteiger charge is 2.23. The number of carbonyl (C=O) groups excluding carboxylic acids is 3. The van der Waals surface area contributed by atoms with Gasteiger partial charge in [0.2, 0.25) is 0 Å². The molecule has 0 bridgehead atoms. The normalized spacial score (nSPS) is 12.9. The van der Waals surface area contributed by atoms with Crippen LogP contribution in [0.25, 0.3) is 0 Å². The van der Waals surface area contributed by atoms with Gasteiger partial charge < -0.3 is 30.6 Å². The molecule has 0 unspecified atom stereocenters. The van der Waals surface area contributed by atoms with Crippen LogP contribution in [-0.2, 0) is 19.0 Å². The lowest BCUT2D eigenvalue weighted by atomic mass is 10.2. The zero-order chi connectivity index (χ0) is 20.4. The van der Waals surface area contributed by atoms with E-state index in [4.69, 9.17) is 15.2 Å². The monoisotopic (exact) mass is 375 g/mol. The third-order valence-corrected chi connectivity index (χ3v) is 2.71. The van der Waals surface area contributed by atoms with Crippen LogP contribution < -0.4 is 16.4 Å². The fourth-order valence-corrected chi connectivity index (χ4v) is 1.69. The molecule has 0 aromatic rings. The molecule has 0 aliphatic rings. The van der Waals surface area contributed by atoms with Crippen LogP contribution in [0.3, 0.4) is 0 Å². The summed E-state index contributed by atoms with van der Waals surface area (Å²) >= 11 is 0. The molecule has 0 fully saturated rings. The van der Waals surface area contributed by atoms with Crippen molar-refractivity contribution in [2.24, 2.45) is 5.73 Å². The van der Waals surface area contributed by atoms with Gasteiger partial charge in [-0.1, -0.05) is 0 Å². The lowest BCUT2D eigenvalue weighted by molar-refractivity contribution is -0.143. The molecule has 0 saturated heterocycles. The van der Waals surface area contributed by atoms with E-state index in [0.29, 0.717) is 32.5 Å². The van der Waals surface area contributed by atoms with E-state index in [2.05, 4.69) is 15.4 Å². The summed E-state index contributed by atoms with van der Waals surface area (Å²) in [6.45, 7) is 12.0. The first kappa shape index (κ1) is 24.1. The van der Waals surface area contributed by atoms with Gasteiger partial charge in [-0.05, 0) is 60.9 Å². The quantitative estimate of drug-likeness (QED) is 0.332. The van der Waals surface area contributed by atoms with Crippen LogP contribution in [0.2, 0.25) is 0 Å². The van der Waals surface area contributed by atoms with E-state index in [0.717, 1.165) is 0 Å². The number of ether oxygens (including phenoxy) is 3. The average Bonchev–Trinajstić information content (AvgIpc) is 2.41. The number of alkyl carbamates (subject to hydrolysis) is 1. The van der Waals surface area contributed by atoms with E-state index in [1.54, 1.807) is 41.5 Å². The first-order valence-corrected chi connectivity index (χ1v) is 8.68. The van der Waals surface area contributed by atoms with Gasteiger partial charge in [-0.2, -0.15) is 0 Å². The van der Waals surface area contributed by atoms with Crippen molar-refractivity contribution < 1.29 is 28.6 Å². The Morgan fingerprint density at radius 1 is 0.923 bits per heavy atom. The summed E-state index contributed by atoms with van der Waals surface area (Å²) in [5, 5.41) is 5.72. The molecule has 0 aliphatic heterocycles. The van der Waals surface area contributed by atoms with Crippen LogP contribution in [0.5, 0.6) is 0 Å². The highest BCUT2D eigenvalue weighted by Crippen LogP contribution is 2.09. The Morgan fingerprint density at radius 2 is 1.50 bits per heavy atom. The van der Waals surface area contributed by atoms with Crippen molar-refractivity contribution in [1.82, 2.24) is 10.6 Å². The summed E-state index contributed by atoms with van der Waals surface area (Å²) in [6, 6.07) is -0.899. The fraction of sp³-hybridized carbons (Fsp3) is 0.824. The number of amides is 1. The van der Waals surface area contributed by atoms with Crippen molar-refractivity contribution in [1.29, 1.82) is 0 Å². The van der Waals surface area contributed by atoms with E-state index in [-0.39, 0.29) is 0 Å². The molecule has 1 amide bonds. The second kappa shape index (κ2) is 11.0. The Morgan fingerprint density at radius 3 is 2.04 bits per heavy atom. The number of esters is 1. The van der Waals surface area contributed by atoms with Crippen LogP contribution in [0, 0.1) is 0 Å². The van der Waals surface area contributed by atoms with Gasteiger partial charge in [0.25, 0.3) is 0 Å². The van der Waals surface area contributed by atoms with E-state index in [1.807, 2.05) is 0 Å². The molecule has 9 nitrogen and oxygen atoms in total. The highest BCUT2D eigenvalue weighted by atomic mass is 16.7. The molecule has 152 valence electrons. The lowest BCUT2D eigenvalue weighted by Crippen LogP contribution is -2.37. The van der Waals surface area contributed by atoms with Crippen molar-refractivity contribution >= 4 is 18.2 Å². The van der Waals surface area contributed by atoms with Crippen molar-refractivity contribution in [3.8, 4) is 0 Å². The second-order valence-corrected chi connectivity index (χ2v) is 7.81. The smallest absolute Gasteiger partial charge is 0.444 e. The van der Waals surface area contributed by atoms with Crippen LogP contribution in [0.4, 0.5) is 9.59 Å². The first-order chi connectivity index (χ1) is 11.8. The summed E-state index contributed by atoms with van der Waals surface area (Å²) < 4.78 is 14.5. The number of hydrogen-bond donors (Lipinski definition) is 3. The lowest BCUT2D eigenvalue weighted by Gasteiger charge is -2.19. The maximum absolute atomic E-state index is 11.7. The van der Waals surface area contributed by atoms with Gasteiger partial charge >= 0.3 is 18.2 Å². The highest BCUT2D eigenvalue weighted by molar-refractivity contribution is 5.85. The Balaban J connectivity index is 3.76. The largest absolute Gasteiger partial charge is 0.516 e. The summed E-state index contributed by atoms with van der Waals surface area (Å²) in [4.78, 5) is 34.5. The molecule has 0 aliphatic carbocycles. The van der Waals surface area contributed by atoms with Crippen LogP contribution in [-0.4, -0.2) is 55.1 Å². The maximum Gasteiger partial charge on any atom is 0.516 e. The first-order valence-electron chi connectivity index (χ1n) is 8.68. The SMILES string of the molecule is CC(C)(C)OC(=O)NCCNCCC[C@H](N)C(=O)OC(=O)OC(C)(C)C. The molecule has 0 spiro atoms. The molecule has 0 saturated carbocycles. The van der Waals surface area contributed by atoms with Crippen molar-refractivity contribution in [2.75, 3.05) is 19.6 Å². The number of rotatable bonds is 8. The van der Waals surface area contributed by atoms with Gasteiger partial charge in [0.05, 0.1) is 0 Å². The van der Waals surface area contributed by atoms with E-state index in [9.17, 15) is 14.4 Å². The number of nitrogens with one attached hydrogen (secondary N) is 2. The molecular formula is C17H33N3O6. The summed E-state index contributed by atoms with van der Waals surface area (Å²) in [7, 11) is 0. The molecule has 1 atom stereocenters. The van der Waals surface area contributed by atoms with Gasteiger partial charge in [-0.15, -0.1) is 0 Å². The minimum atomic E-state index is -1.05. The van der Waals surface area contributed by atoms with Gasteiger partial charge in [-0.25, -0.2) is 14.4 Å². The predicted octanol–water partition coefficient (Wildman–Crippen LogP) is 1.69. The summed E-state index contributed by atoms with van der Waals surface area (Å²) in [6.07, 6.45) is -0.555. The number of carbonyl (C=O) groups is 3. The zero-order valence-corrected chi connectivity index (χ0v) is 16.6. The fourth-order valence-electron chi connectivity index (χ4n) is 1.69. The van der Waals surface area contributed by atoms with Crippen LogP contribution in [0.15, 0.2) is 0 Å². The van der Waals surface area contributed by atoms with Gasteiger partial charge in [0.15, 0.2) is 0 Å². The second-order valence-electron chi connectivity index (χ2n) is 7.81. The molecule has 0 rings (SSSR count). The molecule has 4 N–H and O–H groups in total. The summed E-state index contributed by atoms with van der Waals surface area (Å²) in [5.74, 6) is -0.814. The Labute approximate surface area is 155 Å². The zero-order valence-electron chi connectivity index (χ0n) is 16.6. The third kappa shape index (κ3) is 14.5. The van der Waals surface area contributed by atoms with E-state index >= 15 is 0 Å². The predicted molar refractivity (Wildman–Crippen MR) is 96.6 cm³/mol. The Kier molecular flexibility index (Phi) is 10.2. The standard InChI is InChI=1S/C17H33N3O6/c1-16(2,3)25-14(22)20-11-10-19-9-7-8-12(18)13(21)24-15(23)26-17(4,5)6/h12,19H,7-11,18H2,1-6H3,(H,20,22)/t12-/m0/s1. The number of hydrogen-bond acceptors (Lipinski definition) is 8. The van der Waals surface area contributed by atoms with E-state index < -0.39 is 35.5 Å². The van der Waals surface area contributed by atoms with Crippen LogP contribution >= 0.6 is 0 Å². The van der Waals surface area contributed by atoms with Gasteiger partial charge in [0.1, 0.15) is 17.2 Å². The molecule has 0 heterocycles. The van der Waals surface area contributed by atoms with Crippen molar-refractivity contribution in [2.45, 2.75) is 71.6 Å². The topological polar surface area (TPSA) is 129 Å².